The summed E-state index contributed by atoms with van der Waals surface area (Å²) in [6, 6.07) is 8.93. The van der Waals surface area contributed by atoms with Crippen LogP contribution in [-0.2, 0) is 0 Å². The Balaban J connectivity index is 1.65. The number of nitrogens with zero attached hydrogens (tertiary/aromatic N) is 2. The molecular formula is C17H20N4O2. The van der Waals surface area contributed by atoms with Gasteiger partial charge in [-0.15, -0.1) is 0 Å². The van der Waals surface area contributed by atoms with Gasteiger partial charge < -0.3 is 15.7 Å². The predicted molar refractivity (Wildman–Crippen MR) is 89.2 cm³/mol. The van der Waals surface area contributed by atoms with Gasteiger partial charge in [-0.2, -0.15) is 0 Å². The van der Waals surface area contributed by atoms with Gasteiger partial charge in [0.15, 0.2) is 0 Å². The van der Waals surface area contributed by atoms with E-state index >= 15 is 0 Å². The van der Waals surface area contributed by atoms with Crippen molar-refractivity contribution in [3.8, 4) is 0 Å². The van der Waals surface area contributed by atoms with Crippen LogP contribution in [0.1, 0.15) is 42.5 Å². The number of aromatic nitrogens is 2. The van der Waals surface area contributed by atoms with Gasteiger partial charge >= 0.3 is 5.97 Å². The number of hydrogen-bond donors (Lipinski definition) is 3. The van der Waals surface area contributed by atoms with Gasteiger partial charge in [-0.05, 0) is 37.1 Å². The van der Waals surface area contributed by atoms with Crippen molar-refractivity contribution < 1.29 is 9.90 Å². The van der Waals surface area contributed by atoms with Crippen molar-refractivity contribution in [2.75, 3.05) is 10.6 Å². The number of rotatable bonds is 5. The second-order valence-electron chi connectivity index (χ2n) is 5.78. The van der Waals surface area contributed by atoms with Crippen molar-refractivity contribution in [3.05, 3.63) is 42.2 Å². The molecule has 1 saturated carbocycles. The van der Waals surface area contributed by atoms with Gasteiger partial charge in [-0.1, -0.05) is 19.3 Å². The molecule has 120 valence electrons. The summed E-state index contributed by atoms with van der Waals surface area (Å²) >= 11 is 0. The van der Waals surface area contributed by atoms with Gasteiger partial charge in [-0.25, -0.2) is 14.8 Å². The molecule has 1 aromatic heterocycles. The van der Waals surface area contributed by atoms with E-state index in [9.17, 15) is 4.79 Å². The first-order chi connectivity index (χ1) is 11.2. The maximum absolute atomic E-state index is 10.9. The van der Waals surface area contributed by atoms with Gasteiger partial charge in [-0.3, -0.25) is 0 Å². The second kappa shape index (κ2) is 7.09. The van der Waals surface area contributed by atoms with Crippen molar-refractivity contribution in [1.82, 2.24) is 9.97 Å². The molecule has 1 fully saturated rings. The topological polar surface area (TPSA) is 87.1 Å². The Bertz CT molecular complexity index is 667. The Kier molecular flexibility index (Phi) is 4.71. The van der Waals surface area contributed by atoms with Gasteiger partial charge in [0, 0.05) is 17.8 Å². The van der Waals surface area contributed by atoms with Crippen molar-refractivity contribution in [1.29, 1.82) is 0 Å². The monoisotopic (exact) mass is 312 g/mol. The fourth-order valence-electron chi connectivity index (χ4n) is 2.80. The molecule has 0 spiro atoms. The standard InChI is InChI=1S/C17H20N4O2/c22-17(23)12-6-8-14(9-7-12)21-16-10-15(18-11-19-16)20-13-4-2-1-3-5-13/h6-11,13H,1-5H2,(H,22,23)(H2,18,19,20,21). The third-order valence-corrected chi connectivity index (χ3v) is 4.03. The lowest BCUT2D eigenvalue weighted by Crippen LogP contribution is -2.22. The van der Waals surface area contributed by atoms with Gasteiger partial charge in [0.25, 0.3) is 0 Å². The van der Waals surface area contributed by atoms with E-state index in [0.717, 1.165) is 11.5 Å². The number of carboxylic acid groups (broad SMARTS) is 1. The Labute approximate surface area is 135 Å². The van der Waals surface area contributed by atoms with Crippen LogP contribution in [0.4, 0.5) is 17.3 Å². The number of benzene rings is 1. The SMILES string of the molecule is O=C(O)c1ccc(Nc2cc(NC3CCCCC3)ncn2)cc1. The summed E-state index contributed by atoms with van der Waals surface area (Å²) < 4.78 is 0. The summed E-state index contributed by atoms with van der Waals surface area (Å²) in [5.74, 6) is 0.565. The van der Waals surface area contributed by atoms with Crippen LogP contribution >= 0.6 is 0 Å². The zero-order valence-corrected chi connectivity index (χ0v) is 12.8. The number of anilines is 3. The van der Waals surface area contributed by atoms with Crippen LogP contribution in [0.15, 0.2) is 36.7 Å². The molecule has 3 N–H and O–H groups in total. The Morgan fingerprint density at radius 1 is 1.04 bits per heavy atom. The van der Waals surface area contributed by atoms with Gasteiger partial charge in [0.05, 0.1) is 5.56 Å². The molecule has 0 aliphatic heterocycles. The summed E-state index contributed by atoms with van der Waals surface area (Å²) in [7, 11) is 0. The number of hydrogen-bond acceptors (Lipinski definition) is 5. The summed E-state index contributed by atoms with van der Waals surface area (Å²) in [5, 5.41) is 15.5. The Morgan fingerprint density at radius 3 is 2.43 bits per heavy atom. The molecule has 0 bridgehead atoms. The zero-order chi connectivity index (χ0) is 16.1. The smallest absolute Gasteiger partial charge is 0.335 e. The normalized spacial score (nSPS) is 15.1. The molecule has 1 heterocycles. The first-order valence-corrected chi connectivity index (χ1v) is 7.90. The van der Waals surface area contributed by atoms with Crippen LogP contribution in [0.2, 0.25) is 0 Å². The lowest BCUT2D eigenvalue weighted by molar-refractivity contribution is 0.0697. The molecule has 6 heteroatoms. The quantitative estimate of drug-likeness (QED) is 0.781. The fraction of sp³-hybridized carbons (Fsp3) is 0.353. The largest absolute Gasteiger partial charge is 0.478 e. The number of carboxylic acids is 1. The molecule has 3 rings (SSSR count). The molecule has 1 aliphatic rings. The summed E-state index contributed by atoms with van der Waals surface area (Å²) in [6.45, 7) is 0. The van der Waals surface area contributed by atoms with Crippen molar-refractivity contribution in [3.63, 3.8) is 0 Å². The molecular weight excluding hydrogens is 292 g/mol. The van der Waals surface area contributed by atoms with Crippen LogP contribution < -0.4 is 10.6 Å². The molecule has 0 unspecified atom stereocenters. The summed E-state index contributed by atoms with van der Waals surface area (Å²) in [5.41, 5.74) is 1.05. The maximum Gasteiger partial charge on any atom is 0.335 e. The number of aromatic carboxylic acids is 1. The highest BCUT2D eigenvalue weighted by Crippen LogP contribution is 2.22. The van der Waals surface area contributed by atoms with Crippen LogP contribution in [-0.4, -0.2) is 27.1 Å². The minimum Gasteiger partial charge on any atom is -0.478 e. The molecule has 0 radical (unpaired) electrons. The lowest BCUT2D eigenvalue weighted by Gasteiger charge is -2.23. The molecule has 6 nitrogen and oxygen atoms in total. The van der Waals surface area contributed by atoms with Crippen LogP contribution in [0.3, 0.4) is 0 Å². The van der Waals surface area contributed by atoms with Gasteiger partial charge in [0.2, 0.25) is 0 Å². The summed E-state index contributed by atoms with van der Waals surface area (Å²) in [6.07, 6.45) is 7.75. The Hall–Kier alpha value is -2.63. The van der Waals surface area contributed by atoms with Crippen molar-refractivity contribution in [2.24, 2.45) is 0 Å². The molecule has 2 aromatic rings. The van der Waals surface area contributed by atoms with Gasteiger partial charge in [0.1, 0.15) is 18.0 Å². The van der Waals surface area contributed by atoms with E-state index in [-0.39, 0.29) is 5.56 Å². The number of nitrogens with one attached hydrogen (secondary N) is 2. The van der Waals surface area contributed by atoms with Crippen molar-refractivity contribution in [2.45, 2.75) is 38.1 Å². The fourth-order valence-corrected chi connectivity index (χ4v) is 2.80. The highest BCUT2D eigenvalue weighted by molar-refractivity contribution is 5.88. The van der Waals surface area contributed by atoms with Crippen LogP contribution in [0.25, 0.3) is 0 Å². The first kappa shape index (κ1) is 15.3. The van der Waals surface area contributed by atoms with Crippen LogP contribution in [0, 0.1) is 0 Å². The summed E-state index contributed by atoms with van der Waals surface area (Å²) in [4.78, 5) is 19.3. The van der Waals surface area contributed by atoms with E-state index in [1.165, 1.54) is 38.4 Å². The third kappa shape index (κ3) is 4.18. The van der Waals surface area contributed by atoms with Crippen molar-refractivity contribution >= 4 is 23.3 Å². The van der Waals surface area contributed by atoms with E-state index in [2.05, 4.69) is 20.6 Å². The highest BCUT2D eigenvalue weighted by Gasteiger charge is 2.13. The minimum absolute atomic E-state index is 0.262. The minimum atomic E-state index is -0.933. The van der Waals surface area contributed by atoms with E-state index in [0.29, 0.717) is 11.9 Å². The molecule has 1 aromatic carbocycles. The third-order valence-electron chi connectivity index (χ3n) is 4.03. The number of carbonyl (C=O) groups is 1. The van der Waals surface area contributed by atoms with Crippen LogP contribution in [0.5, 0.6) is 0 Å². The predicted octanol–water partition coefficient (Wildman–Crippen LogP) is 3.66. The molecule has 0 saturated heterocycles. The van der Waals surface area contributed by atoms with E-state index in [1.54, 1.807) is 24.3 Å². The highest BCUT2D eigenvalue weighted by atomic mass is 16.4. The lowest BCUT2D eigenvalue weighted by atomic mass is 9.95. The second-order valence-corrected chi connectivity index (χ2v) is 5.78. The average molecular weight is 312 g/mol. The average Bonchev–Trinajstić information content (AvgIpc) is 2.57. The maximum atomic E-state index is 10.9. The molecule has 23 heavy (non-hydrogen) atoms. The molecule has 1 aliphatic carbocycles. The molecule has 0 amide bonds. The Morgan fingerprint density at radius 2 is 1.74 bits per heavy atom. The van der Waals surface area contributed by atoms with E-state index < -0.39 is 5.97 Å². The zero-order valence-electron chi connectivity index (χ0n) is 12.8. The molecule has 0 atom stereocenters. The van der Waals surface area contributed by atoms with E-state index in [4.69, 9.17) is 5.11 Å². The first-order valence-electron chi connectivity index (χ1n) is 7.90. The van der Waals surface area contributed by atoms with E-state index in [1.807, 2.05) is 6.07 Å².